The molecule has 2 rings (SSSR count). The molecule has 0 unspecified atom stereocenters. The third kappa shape index (κ3) is 2.30. The molecule has 5 nitrogen and oxygen atoms in total. The van der Waals surface area contributed by atoms with E-state index in [4.69, 9.17) is 21.8 Å². The lowest BCUT2D eigenvalue weighted by molar-refractivity contribution is -0.384. The van der Waals surface area contributed by atoms with Crippen LogP contribution in [0, 0.1) is 10.1 Å². The summed E-state index contributed by atoms with van der Waals surface area (Å²) in [5.74, 6) is 1.16. The van der Waals surface area contributed by atoms with Crippen molar-refractivity contribution in [1.82, 2.24) is 0 Å². The second-order valence-corrected chi connectivity index (χ2v) is 3.80. The molecule has 0 amide bonds. The van der Waals surface area contributed by atoms with Crippen LogP contribution in [-0.4, -0.2) is 4.92 Å². The summed E-state index contributed by atoms with van der Waals surface area (Å²) in [4.78, 5) is 10.2. The number of rotatable bonds is 3. The Kier molecular flexibility index (Phi) is 3.12. The lowest BCUT2D eigenvalue weighted by Crippen LogP contribution is -1.92. The third-order valence-electron chi connectivity index (χ3n) is 2.29. The highest BCUT2D eigenvalue weighted by Crippen LogP contribution is 2.31. The largest absolute Gasteiger partial charge is 0.460 e. The van der Waals surface area contributed by atoms with Crippen LogP contribution in [0.1, 0.15) is 5.76 Å². The molecule has 1 heterocycles. The zero-order valence-electron chi connectivity index (χ0n) is 8.72. The fourth-order valence-corrected chi connectivity index (χ4v) is 1.64. The first-order valence-corrected chi connectivity index (χ1v) is 5.22. The maximum absolute atomic E-state index is 10.7. The molecule has 2 aromatic rings. The maximum Gasteiger partial charge on any atom is 0.288 e. The van der Waals surface area contributed by atoms with E-state index in [1.807, 2.05) is 0 Å². The zero-order chi connectivity index (χ0) is 12.4. The van der Waals surface area contributed by atoms with Gasteiger partial charge in [0.05, 0.1) is 11.5 Å². The highest BCUT2D eigenvalue weighted by atomic mass is 35.5. The average molecular weight is 253 g/mol. The number of nitro groups is 1. The SMILES string of the molecule is NCc1ccc(-c2ccc(Cl)c([N+](=O)[O-])c2)o1. The van der Waals surface area contributed by atoms with Crippen molar-refractivity contribution < 1.29 is 9.34 Å². The summed E-state index contributed by atoms with van der Waals surface area (Å²) in [6, 6.07) is 7.96. The molecule has 1 aromatic heterocycles. The normalized spacial score (nSPS) is 10.5. The van der Waals surface area contributed by atoms with E-state index < -0.39 is 4.92 Å². The van der Waals surface area contributed by atoms with Crippen LogP contribution in [-0.2, 0) is 6.54 Å². The van der Waals surface area contributed by atoms with Crippen molar-refractivity contribution in [2.45, 2.75) is 6.54 Å². The molecule has 0 spiro atoms. The van der Waals surface area contributed by atoms with Crippen LogP contribution in [0.15, 0.2) is 34.7 Å². The Morgan fingerprint density at radius 2 is 2.12 bits per heavy atom. The smallest absolute Gasteiger partial charge is 0.288 e. The number of benzene rings is 1. The summed E-state index contributed by atoms with van der Waals surface area (Å²) in [5.41, 5.74) is 5.87. The molecule has 0 saturated heterocycles. The Bertz CT molecular complexity index is 566. The minimum atomic E-state index is -0.529. The van der Waals surface area contributed by atoms with Crippen LogP contribution in [0.25, 0.3) is 11.3 Å². The van der Waals surface area contributed by atoms with E-state index in [1.165, 1.54) is 12.1 Å². The molecule has 0 bridgehead atoms. The molecule has 88 valence electrons. The first kappa shape index (κ1) is 11.6. The highest BCUT2D eigenvalue weighted by Gasteiger charge is 2.14. The van der Waals surface area contributed by atoms with Crippen LogP contribution in [0.5, 0.6) is 0 Å². The first-order valence-electron chi connectivity index (χ1n) is 4.85. The molecule has 6 heteroatoms. The fourth-order valence-electron chi connectivity index (χ4n) is 1.45. The van der Waals surface area contributed by atoms with Crippen molar-refractivity contribution in [3.8, 4) is 11.3 Å². The Morgan fingerprint density at radius 3 is 2.71 bits per heavy atom. The predicted molar refractivity (Wildman–Crippen MR) is 63.7 cm³/mol. The van der Waals surface area contributed by atoms with Gasteiger partial charge in [0.1, 0.15) is 16.5 Å². The lowest BCUT2D eigenvalue weighted by Gasteiger charge is -1.99. The molecule has 0 aliphatic carbocycles. The van der Waals surface area contributed by atoms with Crippen molar-refractivity contribution in [1.29, 1.82) is 0 Å². The fraction of sp³-hybridized carbons (Fsp3) is 0.0909. The highest BCUT2D eigenvalue weighted by molar-refractivity contribution is 6.32. The van der Waals surface area contributed by atoms with Crippen molar-refractivity contribution in [2.24, 2.45) is 5.73 Å². The number of nitro benzene ring substituents is 1. The average Bonchev–Trinajstić information content (AvgIpc) is 2.78. The van der Waals surface area contributed by atoms with Crippen LogP contribution in [0.2, 0.25) is 5.02 Å². The molecule has 0 saturated carbocycles. The first-order chi connectivity index (χ1) is 8.11. The number of halogens is 1. The van der Waals surface area contributed by atoms with Crippen molar-refractivity contribution >= 4 is 17.3 Å². The Morgan fingerprint density at radius 1 is 1.35 bits per heavy atom. The number of hydrogen-bond acceptors (Lipinski definition) is 4. The molecule has 0 radical (unpaired) electrons. The Hall–Kier alpha value is -1.85. The van der Waals surface area contributed by atoms with E-state index in [-0.39, 0.29) is 17.3 Å². The summed E-state index contributed by atoms with van der Waals surface area (Å²) in [5, 5.41) is 10.8. The van der Waals surface area contributed by atoms with Gasteiger partial charge in [-0.3, -0.25) is 10.1 Å². The molecule has 17 heavy (non-hydrogen) atoms. The summed E-state index contributed by atoms with van der Waals surface area (Å²) in [7, 11) is 0. The van der Waals surface area contributed by atoms with Crippen molar-refractivity contribution in [3.63, 3.8) is 0 Å². The Balaban J connectivity index is 2.46. The monoisotopic (exact) mass is 252 g/mol. The molecule has 0 aliphatic heterocycles. The van der Waals surface area contributed by atoms with Gasteiger partial charge in [0, 0.05) is 11.6 Å². The molecular formula is C11H9ClN2O3. The van der Waals surface area contributed by atoms with Crippen molar-refractivity contribution in [3.05, 3.63) is 51.2 Å². The lowest BCUT2D eigenvalue weighted by atomic mass is 10.1. The molecule has 0 aliphatic rings. The minimum Gasteiger partial charge on any atom is -0.460 e. The topological polar surface area (TPSA) is 82.3 Å². The quantitative estimate of drug-likeness (QED) is 0.672. The van der Waals surface area contributed by atoms with Crippen LogP contribution < -0.4 is 5.73 Å². The van der Waals surface area contributed by atoms with Gasteiger partial charge in [0.2, 0.25) is 0 Å². The predicted octanol–water partition coefficient (Wildman–Crippen LogP) is 2.97. The number of furan rings is 1. The number of hydrogen-bond donors (Lipinski definition) is 1. The van der Waals surface area contributed by atoms with Crippen LogP contribution >= 0.6 is 11.6 Å². The van der Waals surface area contributed by atoms with E-state index >= 15 is 0 Å². The second-order valence-electron chi connectivity index (χ2n) is 3.39. The van der Waals surface area contributed by atoms with Gasteiger partial charge < -0.3 is 10.2 Å². The van der Waals surface area contributed by atoms with E-state index in [2.05, 4.69) is 0 Å². The zero-order valence-corrected chi connectivity index (χ0v) is 9.48. The van der Waals surface area contributed by atoms with E-state index in [0.29, 0.717) is 17.1 Å². The van der Waals surface area contributed by atoms with Gasteiger partial charge >= 0.3 is 0 Å². The van der Waals surface area contributed by atoms with Crippen molar-refractivity contribution in [2.75, 3.05) is 0 Å². The van der Waals surface area contributed by atoms with Gasteiger partial charge in [-0.1, -0.05) is 11.6 Å². The van der Waals surface area contributed by atoms with Gasteiger partial charge in [-0.05, 0) is 24.3 Å². The van der Waals surface area contributed by atoms with Crippen LogP contribution in [0.4, 0.5) is 5.69 Å². The molecule has 0 fully saturated rings. The number of nitrogens with zero attached hydrogens (tertiary/aromatic N) is 1. The van der Waals surface area contributed by atoms with Gasteiger partial charge in [-0.15, -0.1) is 0 Å². The van der Waals surface area contributed by atoms with E-state index in [0.717, 1.165) is 0 Å². The van der Waals surface area contributed by atoms with Gasteiger partial charge in [0.15, 0.2) is 0 Å². The molecule has 2 N–H and O–H groups in total. The second kappa shape index (κ2) is 4.57. The summed E-state index contributed by atoms with van der Waals surface area (Å²) < 4.78 is 5.40. The van der Waals surface area contributed by atoms with Gasteiger partial charge in [-0.25, -0.2) is 0 Å². The standard InChI is InChI=1S/C11H9ClN2O3/c12-9-3-1-7(5-10(9)14(15)16)11-4-2-8(6-13)17-11/h1-5H,6,13H2. The van der Waals surface area contributed by atoms with E-state index in [9.17, 15) is 10.1 Å². The summed E-state index contributed by atoms with van der Waals surface area (Å²) in [6.07, 6.45) is 0. The summed E-state index contributed by atoms with van der Waals surface area (Å²) >= 11 is 5.72. The molecule has 0 atom stereocenters. The molecular weight excluding hydrogens is 244 g/mol. The number of nitrogens with two attached hydrogens (primary N) is 1. The maximum atomic E-state index is 10.7. The van der Waals surface area contributed by atoms with E-state index in [1.54, 1.807) is 18.2 Å². The summed E-state index contributed by atoms with van der Waals surface area (Å²) in [6.45, 7) is 0.287. The van der Waals surface area contributed by atoms with Crippen LogP contribution in [0.3, 0.4) is 0 Å². The molecule has 1 aromatic carbocycles. The Labute approximate surface area is 102 Å². The third-order valence-corrected chi connectivity index (χ3v) is 2.61. The van der Waals surface area contributed by atoms with Gasteiger partial charge in [0.25, 0.3) is 5.69 Å². The minimum absolute atomic E-state index is 0.101. The van der Waals surface area contributed by atoms with Gasteiger partial charge in [-0.2, -0.15) is 0 Å².